The predicted octanol–water partition coefficient (Wildman–Crippen LogP) is 2.11. The van der Waals surface area contributed by atoms with Crippen LogP contribution >= 0.6 is 0 Å². The van der Waals surface area contributed by atoms with Gasteiger partial charge in [0.05, 0.1) is 12.6 Å². The molecule has 25 heavy (non-hydrogen) atoms. The van der Waals surface area contributed by atoms with Gasteiger partial charge in [-0.15, -0.1) is 0 Å². The van der Waals surface area contributed by atoms with E-state index in [0.29, 0.717) is 18.0 Å². The molecule has 0 amide bonds. The van der Waals surface area contributed by atoms with Gasteiger partial charge in [0.2, 0.25) is 11.3 Å². The molecule has 0 aliphatic carbocycles. The number of rotatable bonds is 6. The van der Waals surface area contributed by atoms with Gasteiger partial charge in [-0.2, -0.15) is 0 Å². The van der Waals surface area contributed by atoms with Gasteiger partial charge in [0.15, 0.2) is 11.6 Å². The van der Waals surface area contributed by atoms with Crippen LogP contribution < -0.4 is 14.4 Å². The molecule has 2 N–H and O–H groups in total. The highest BCUT2D eigenvalue weighted by atomic mass is 32.2. The van der Waals surface area contributed by atoms with E-state index in [-0.39, 0.29) is 5.75 Å². The highest BCUT2D eigenvalue weighted by Gasteiger charge is 2.22. The Labute approximate surface area is 148 Å². The van der Waals surface area contributed by atoms with Gasteiger partial charge < -0.3 is 9.64 Å². The highest BCUT2D eigenvalue weighted by Crippen LogP contribution is 2.31. The summed E-state index contributed by atoms with van der Waals surface area (Å²) in [6.45, 7) is 2.19. The van der Waals surface area contributed by atoms with Crippen molar-refractivity contribution in [2.75, 3.05) is 31.6 Å². The van der Waals surface area contributed by atoms with Crippen LogP contribution in [0.4, 0.5) is 10.2 Å². The smallest absolute Gasteiger partial charge is 0.231 e. The van der Waals surface area contributed by atoms with Crippen LogP contribution in [-0.4, -0.2) is 45.5 Å². The molecule has 3 rings (SSSR count). The van der Waals surface area contributed by atoms with Crippen LogP contribution in [0, 0.1) is 11.7 Å². The largest absolute Gasteiger partial charge is 0.494 e. The van der Waals surface area contributed by atoms with Gasteiger partial charge in [-0.25, -0.2) is 23.3 Å². The molecule has 0 spiro atoms. The molecule has 1 saturated heterocycles. The number of anilines is 1. The standard InChI is InChI=1S/C16H21FN4O3S/c1-24-15-8-12-14(9-13(15)17)18-10-19-16(12)21-6-3-11(4-7-21)2-5-20-25(22)23/h8-11,20H,2-7H2,1H3,(H,22,23). The van der Waals surface area contributed by atoms with Crippen LogP contribution in [0.5, 0.6) is 5.75 Å². The number of benzene rings is 1. The van der Waals surface area contributed by atoms with Gasteiger partial charge in [-0.3, -0.25) is 4.55 Å². The fourth-order valence-electron chi connectivity index (χ4n) is 3.24. The molecule has 1 aromatic heterocycles. The van der Waals surface area contributed by atoms with Gasteiger partial charge in [-0.1, -0.05) is 0 Å². The summed E-state index contributed by atoms with van der Waals surface area (Å²) in [6, 6.07) is 3.01. The third-order valence-electron chi connectivity index (χ3n) is 4.58. The Morgan fingerprint density at radius 2 is 2.16 bits per heavy atom. The first-order valence-electron chi connectivity index (χ1n) is 8.16. The lowest BCUT2D eigenvalue weighted by Gasteiger charge is -2.33. The van der Waals surface area contributed by atoms with Crippen molar-refractivity contribution in [3.63, 3.8) is 0 Å². The van der Waals surface area contributed by atoms with Crippen molar-refractivity contribution in [3.05, 3.63) is 24.3 Å². The summed E-state index contributed by atoms with van der Waals surface area (Å²) in [7, 11) is 1.44. The minimum atomic E-state index is -1.95. The van der Waals surface area contributed by atoms with E-state index in [1.54, 1.807) is 6.07 Å². The van der Waals surface area contributed by atoms with Crippen LogP contribution in [0.2, 0.25) is 0 Å². The molecule has 7 nitrogen and oxygen atoms in total. The molecular weight excluding hydrogens is 347 g/mol. The number of aromatic nitrogens is 2. The van der Waals surface area contributed by atoms with E-state index in [9.17, 15) is 8.60 Å². The van der Waals surface area contributed by atoms with E-state index < -0.39 is 17.1 Å². The molecule has 0 radical (unpaired) electrons. The summed E-state index contributed by atoms with van der Waals surface area (Å²) >= 11 is -1.95. The number of piperidine rings is 1. The second-order valence-corrected chi connectivity index (χ2v) is 6.85. The average molecular weight is 368 g/mol. The lowest BCUT2D eigenvalue weighted by Crippen LogP contribution is -2.35. The third-order valence-corrected chi connectivity index (χ3v) is 5.03. The van der Waals surface area contributed by atoms with Crippen LogP contribution in [0.1, 0.15) is 19.3 Å². The molecule has 1 aliphatic rings. The first kappa shape index (κ1) is 18.0. The number of hydrogen-bond donors (Lipinski definition) is 2. The van der Waals surface area contributed by atoms with E-state index >= 15 is 0 Å². The SMILES string of the molecule is COc1cc2c(N3CCC(CCNS(=O)O)CC3)ncnc2cc1F. The van der Waals surface area contributed by atoms with Gasteiger partial charge >= 0.3 is 0 Å². The zero-order valence-electron chi connectivity index (χ0n) is 13.9. The van der Waals surface area contributed by atoms with Crippen molar-refractivity contribution in [1.82, 2.24) is 14.7 Å². The molecule has 1 unspecified atom stereocenters. The molecule has 1 atom stereocenters. The third kappa shape index (κ3) is 4.23. The second kappa shape index (κ2) is 8.03. The number of nitrogens with one attached hydrogen (secondary N) is 1. The summed E-state index contributed by atoms with van der Waals surface area (Å²) in [5.41, 5.74) is 0.556. The van der Waals surface area contributed by atoms with E-state index in [2.05, 4.69) is 19.6 Å². The maximum Gasteiger partial charge on any atom is 0.231 e. The fraction of sp³-hybridized carbons (Fsp3) is 0.500. The summed E-state index contributed by atoms with van der Waals surface area (Å²) in [6.07, 6.45) is 4.27. The molecule has 1 fully saturated rings. The quantitative estimate of drug-likeness (QED) is 0.760. The van der Waals surface area contributed by atoms with Crippen molar-refractivity contribution in [1.29, 1.82) is 0 Å². The Kier molecular flexibility index (Phi) is 5.77. The predicted molar refractivity (Wildman–Crippen MR) is 94.4 cm³/mol. The number of ether oxygens (including phenoxy) is 1. The number of hydrogen-bond acceptors (Lipinski definition) is 5. The fourth-order valence-corrected chi connectivity index (χ4v) is 3.53. The minimum Gasteiger partial charge on any atom is -0.494 e. The molecule has 2 aromatic rings. The molecule has 0 saturated carbocycles. The lowest BCUT2D eigenvalue weighted by molar-refractivity contribution is 0.380. The van der Waals surface area contributed by atoms with Gasteiger partial charge in [-0.05, 0) is 31.2 Å². The van der Waals surface area contributed by atoms with Crippen LogP contribution in [0.15, 0.2) is 18.5 Å². The highest BCUT2D eigenvalue weighted by molar-refractivity contribution is 7.77. The maximum absolute atomic E-state index is 13.9. The van der Waals surface area contributed by atoms with E-state index in [1.807, 2.05) is 0 Å². The van der Waals surface area contributed by atoms with Gasteiger partial charge in [0.1, 0.15) is 12.1 Å². The molecular formula is C16H21FN4O3S. The molecule has 1 aromatic carbocycles. The molecule has 9 heteroatoms. The topological polar surface area (TPSA) is 87.6 Å². The zero-order valence-corrected chi connectivity index (χ0v) is 14.8. The monoisotopic (exact) mass is 368 g/mol. The van der Waals surface area contributed by atoms with Gasteiger partial charge in [0, 0.05) is 31.1 Å². The second-order valence-electron chi connectivity index (χ2n) is 6.06. The number of methoxy groups -OCH3 is 1. The van der Waals surface area contributed by atoms with Crippen molar-refractivity contribution in [3.8, 4) is 5.75 Å². The summed E-state index contributed by atoms with van der Waals surface area (Å²) in [4.78, 5) is 10.7. The normalized spacial score (nSPS) is 17.0. The van der Waals surface area contributed by atoms with Crippen molar-refractivity contribution < 1.29 is 17.9 Å². The summed E-state index contributed by atoms with van der Waals surface area (Å²) < 4.78 is 40.8. The van der Waals surface area contributed by atoms with E-state index in [0.717, 1.165) is 43.6 Å². The van der Waals surface area contributed by atoms with Gasteiger partial charge in [0.25, 0.3) is 0 Å². The Bertz CT molecular complexity index is 768. The van der Waals surface area contributed by atoms with Crippen molar-refractivity contribution in [2.45, 2.75) is 19.3 Å². The molecule has 1 aliphatic heterocycles. The molecule has 136 valence electrons. The molecule has 0 bridgehead atoms. The Morgan fingerprint density at radius 3 is 2.84 bits per heavy atom. The number of nitrogens with zero attached hydrogens (tertiary/aromatic N) is 3. The zero-order chi connectivity index (χ0) is 17.8. The Balaban J connectivity index is 1.72. The first-order chi connectivity index (χ1) is 12.1. The van der Waals surface area contributed by atoms with Crippen molar-refractivity contribution >= 4 is 28.0 Å². The maximum atomic E-state index is 13.9. The van der Waals surface area contributed by atoms with Crippen LogP contribution in [0.3, 0.4) is 0 Å². The van der Waals surface area contributed by atoms with Crippen LogP contribution in [-0.2, 0) is 11.3 Å². The first-order valence-corrected chi connectivity index (χ1v) is 9.26. The Morgan fingerprint density at radius 1 is 1.40 bits per heavy atom. The summed E-state index contributed by atoms with van der Waals surface area (Å²) in [5.74, 6) is 1.04. The van der Waals surface area contributed by atoms with E-state index in [1.165, 1.54) is 19.5 Å². The minimum absolute atomic E-state index is 0.182. The van der Waals surface area contributed by atoms with Crippen LogP contribution in [0.25, 0.3) is 10.9 Å². The number of halogens is 1. The lowest BCUT2D eigenvalue weighted by atomic mass is 9.93. The Hall–Kier alpha value is -1.84. The summed E-state index contributed by atoms with van der Waals surface area (Å²) in [5, 5.41) is 0.775. The van der Waals surface area contributed by atoms with Crippen molar-refractivity contribution in [2.24, 2.45) is 5.92 Å². The van der Waals surface area contributed by atoms with E-state index in [4.69, 9.17) is 9.29 Å². The number of fused-ring (bicyclic) bond motifs is 1. The average Bonchev–Trinajstić information content (AvgIpc) is 2.61. The molecule has 2 heterocycles.